The van der Waals surface area contributed by atoms with Gasteiger partial charge in [0.2, 0.25) is 0 Å². The lowest BCUT2D eigenvalue weighted by molar-refractivity contribution is 0.149. The minimum atomic E-state index is -2.78. The summed E-state index contributed by atoms with van der Waals surface area (Å²) in [5, 5.41) is 9.83. The summed E-state index contributed by atoms with van der Waals surface area (Å²) in [4.78, 5) is 14.4. The number of anilines is 1. The van der Waals surface area contributed by atoms with E-state index in [0.717, 1.165) is 28.1 Å². The lowest BCUT2D eigenvalue weighted by atomic mass is 10.1. The molecule has 3 heterocycles. The smallest absolute Gasteiger partial charge is 0.291 e. The van der Waals surface area contributed by atoms with E-state index >= 15 is 0 Å². The van der Waals surface area contributed by atoms with Crippen LogP contribution >= 0.6 is 51.8 Å². The molecule has 0 amide bonds. The second-order valence-electron chi connectivity index (χ2n) is 7.28. The van der Waals surface area contributed by atoms with E-state index in [1.165, 1.54) is 16.6 Å². The van der Waals surface area contributed by atoms with Crippen LogP contribution < -0.4 is 10.5 Å². The molecule has 6 nitrogen and oxygen atoms in total. The van der Waals surface area contributed by atoms with Crippen LogP contribution in [0.25, 0.3) is 0 Å². The van der Waals surface area contributed by atoms with Gasteiger partial charge in [0.05, 0.1) is 24.8 Å². The van der Waals surface area contributed by atoms with Gasteiger partial charge in [-0.1, -0.05) is 24.6 Å². The first-order chi connectivity index (χ1) is 15.8. The third kappa shape index (κ3) is 5.06. The molecule has 1 unspecified atom stereocenters. The molecule has 1 atom stereocenters. The molecule has 0 N–H and O–H groups in total. The molecule has 33 heavy (non-hydrogen) atoms. The Morgan fingerprint density at radius 1 is 1.36 bits per heavy atom. The highest BCUT2D eigenvalue weighted by molar-refractivity contribution is 14.2. The highest BCUT2D eigenvalue weighted by atomic mass is 127. The van der Waals surface area contributed by atoms with Gasteiger partial charge in [-0.2, -0.15) is 10.2 Å². The lowest BCUT2D eigenvalue weighted by Crippen LogP contribution is -2.33. The van der Waals surface area contributed by atoms with E-state index < -0.39 is 12.2 Å². The highest BCUT2D eigenvalue weighted by Crippen LogP contribution is 2.34. The van der Waals surface area contributed by atoms with Gasteiger partial charge >= 0.3 is 0 Å². The minimum absolute atomic E-state index is 0.126. The van der Waals surface area contributed by atoms with Crippen molar-refractivity contribution >= 4 is 57.5 Å². The van der Waals surface area contributed by atoms with Crippen LogP contribution in [0.1, 0.15) is 35.7 Å². The molecule has 0 saturated carbocycles. The Balaban J connectivity index is 1.69. The molecule has 13 heteroatoms. The minimum Gasteiger partial charge on any atom is -0.364 e. The zero-order valence-electron chi connectivity index (χ0n) is 17.4. The SMILES string of the molecule is CCSc1nn(Cc2ccc(F)cc2C(F)F)c2c1CN(c1cnn(PI)c(=O)c1Cl)CC2. The van der Waals surface area contributed by atoms with Crippen molar-refractivity contribution in [2.45, 2.75) is 37.9 Å². The average Bonchev–Trinajstić information content (AvgIpc) is 3.13. The molecule has 0 fully saturated rings. The van der Waals surface area contributed by atoms with Gasteiger partial charge in [0.1, 0.15) is 15.9 Å². The largest absolute Gasteiger partial charge is 0.364 e. The Morgan fingerprint density at radius 3 is 2.85 bits per heavy atom. The molecule has 1 aromatic carbocycles. The molecule has 0 spiro atoms. The molecule has 0 radical (unpaired) electrons. The van der Waals surface area contributed by atoms with Gasteiger partial charge in [-0.15, -0.1) is 11.8 Å². The van der Waals surface area contributed by atoms with E-state index in [-0.39, 0.29) is 29.1 Å². The van der Waals surface area contributed by atoms with Crippen LogP contribution in [0.4, 0.5) is 18.9 Å². The van der Waals surface area contributed by atoms with Crippen LogP contribution in [0.5, 0.6) is 0 Å². The molecule has 1 aliphatic heterocycles. The summed E-state index contributed by atoms with van der Waals surface area (Å²) in [6.45, 7) is 3.18. The average molecular weight is 628 g/mol. The molecular weight excluding hydrogens is 609 g/mol. The van der Waals surface area contributed by atoms with Gasteiger partial charge in [0.15, 0.2) is 0 Å². The van der Waals surface area contributed by atoms with Gasteiger partial charge in [0, 0.05) is 36.3 Å². The summed E-state index contributed by atoms with van der Waals surface area (Å²) in [7, 11) is 0. The molecule has 176 valence electrons. The van der Waals surface area contributed by atoms with Crippen LogP contribution in [0, 0.1) is 5.82 Å². The molecule has 4 rings (SSSR count). The fourth-order valence-corrected chi connectivity index (χ4v) is 6.25. The van der Waals surface area contributed by atoms with E-state index in [2.05, 4.69) is 27.1 Å². The third-order valence-corrected chi connectivity index (χ3v) is 8.46. The summed E-state index contributed by atoms with van der Waals surface area (Å²) in [5.41, 5.74) is 2.17. The second-order valence-corrected chi connectivity index (χ2v) is 11.0. The summed E-state index contributed by atoms with van der Waals surface area (Å²) in [6, 6.07) is 3.46. The molecule has 3 aromatic rings. The molecule has 0 bridgehead atoms. The number of halogens is 5. The van der Waals surface area contributed by atoms with Crippen LogP contribution in [-0.2, 0) is 19.5 Å². The van der Waals surface area contributed by atoms with Gasteiger partial charge in [-0.05, 0) is 45.5 Å². The molecule has 0 saturated heterocycles. The Kier molecular flexibility index (Phi) is 7.92. The zero-order chi connectivity index (χ0) is 23.7. The number of rotatable bonds is 7. The first-order valence-electron chi connectivity index (χ1n) is 10.0. The number of aromatic nitrogens is 4. The summed E-state index contributed by atoms with van der Waals surface area (Å²) < 4.78 is 43.6. The number of hydrogen-bond donors (Lipinski definition) is 0. The second kappa shape index (κ2) is 10.5. The molecule has 0 aliphatic carbocycles. The Morgan fingerprint density at radius 2 is 2.15 bits per heavy atom. The topological polar surface area (TPSA) is 56.0 Å². The Labute approximate surface area is 212 Å². The first-order valence-corrected chi connectivity index (χ1v) is 15.4. The fraction of sp³-hybridized carbons (Fsp3) is 0.350. The van der Waals surface area contributed by atoms with Gasteiger partial charge in [0.25, 0.3) is 12.0 Å². The molecular formula is C20H19ClF3IN5OPS. The van der Waals surface area contributed by atoms with Gasteiger partial charge in [-0.3, -0.25) is 9.48 Å². The Bertz CT molecular complexity index is 1240. The van der Waals surface area contributed by atoms with E-state index in [1.807, 2.05) is 11.8 Å². The quantitative estimate of drug-likeness (QED) is 0.192. The van der Waals surface area contributed by atoms with Crippen molar-refractivity contribution in [3.63, 3.8) is 0 Å². The number of alkyl halides is 2. The third-order valence-electron chi connectivity index (χ3n) is 5.36. The van der Waals surface area contributed by atoms with Crippen LogP contribution in [0.3, 0.4) is 0 Å². The normalized spacial score (nSPS) is 14.0. The van der Waals surface area contributed by atoms with Crippen LogP contribution in [-0.4, -0.2) is 31.6 Å². The maximum absolute atomic E-state index is 13.5. The van der Waals surface area contributed by atoms with Crippen molar-refractivity contribution in [1.29, 1.82) is 0 Å². The van der Waals surface area contributed by atoms with E-state index in [4.69, 9.17) is 16.7 Å². The number of hydrogen-bond acceptors (Lipinski definition) is 5. The number of nitrogens with zero attached hydrogens (tertiary/aromatic N) is 5. The van der Waals surface area contributed by atoms with Gasteiger partial charge < -0.3 is 4.90 Å². The Hall–Kier alpha value is -1.30. The lowest BCUT2D eigenvalue weighted by Gasteiger charge is -2.30. The van der Waals surface area contributed by atoms with E-state index in [0.29, 0.717) is 30.8 Å². The predicted molar refractivity (Wildman–Crippen MR) is 135 cm³/mol. The van der Waals surface area contributed by atoms with Crippen molar-refractivity contribution in [2.75, 3.05) is 17.2 Å². The highest BCUT2D eigenvalue weighted by Gasteiger charge is 2.28. The van der Waals surface area contributed by atoms with Crippen LogP contribution in [0.15, 0.2) is 34.2 Å². The summed E-state index contributed by atoms with van der Waals surface area (Å²) >= 11 is 10.0. The maximum atomic E-state index is 13.5. The van der Waals surface area contributed by atoms with Gasteiger partial charge in [-0.25, -0.2) is 17.6 Å². The monoisotopic (exact) mass is 627 g/mol. The summed E-state index contributed by atoms with van der Waals surface area (Å²) in [5.74, 6) is 0.0990. The van der Waals surface area contributed by atoms with Crippen molar-refractivity contribution in [3.05, 3.63) is 68.0 Å². The number of benzene rings is 1. The zero-order valence-corrected chi connectivity index (χ0v) is 22.1. The van der Waals surface area contributed by atoms with E-state index in [9.17, 15) is 18.0 Å². The van der Waals surface area contributed by atoms with E-state index in [1.54, 1.807) is 22.6 Å². The maximum Gasteiger partial charge on any atom is 0.291 e. The van der Waals surface area contributed by atoms with Crippen molar-refractivity contribution in [3.8, 4) is 0 Å². The molecule has 1 aliphatic rings. The first kappa shape index (κ1) is 24.8. The summed E-state index contributed by atoms with van der Waals surface area (Å²) in [6.07, 6.45) is -0.434. The fourth-order valence-electron chi connectivity index (χ4n) is 3.83. The van der Waals surface area contributed by atoms with Crippen LogP contribution in [0.2, 0.25) is 5.02 Å². The number of thioether (sulfide) groups is 1. The standard InChI is InChI=1S/C20H19ClF3IN5OPS/c1-2-33-19-14-10-28(16-8-26-30(32-25)20(31)17(16)21)6-5-15(14)29(27-19)9-11-3-4-12(22)7-13(11)18(23)24/h3-4,7-8,18,32H,2,5-6,9-10H2,1H3. The molecule has 2 aromatic heterocycles. The predicted octanol–water partition coefficient (Wildman–Crippen LogP) is 5.68. The van der Waals surface area contributed by atoms with Crippen molar-refractivity contribution in [2.24, 2.45) is 0 Å². The van der Waals surface area contributed by atoms with Crippen molar-refractivity contribution < 1.29 is 13.2 Å². The van der Waals surface area contributed by atoms with Crippen molar-refractivity contribution in [1.82, 2.24) is 19.3 Å². The number of fused-ring (bicyclic) bond motifs is 1.